The van der Waals surface area contributed by atoms with Crippen LogP contribution in [0.15, 0.2) is 47.4 Å². The Hall–Kier alpha value is -2.48. The van der Waals surface area contributed by atoms with Crippen LogP contribution in [-0.4, -0.2) is 29.0 Å². The number of aryl methyl sites for hydroxylation is 1. The van der Waals surface area contributed by atoms with E-state index in [4.69, 9.17) is 0 Å². The highest BCUT2D eigenvalue weighted by Gasteiger charge is 2.35. The molecule has 0 spiro atoms. The Morgan fingerprint density at radius 1 is 1.23 bits per heavy atom. The number of alkyl halides is 3. The van der Waals surface area contributed by atoms with E-state index in [1.807, 2.05) is 18.2 Å². The van der Waals surface area contributed by atoms with Crippen molar-refractivity contribution in [2.24, 2.45) is 0 Å². The lowest BCUT2D eigenvalue weighted by atomic mass is 9.87. The summed E-state index contributed by atoms with van der Waals surface area (Å²) in [6.45, 7) is 0. The highest BCUT2D eigenvalue weighted by molar-refractivity contribution is 8.01. The van der Waals surface area contributed by atoms with Gasteiger partial charge in [-0.05, 0) is 48.6 Å². The molecule has 4 nitrogen and oxygen atoms in total. The molecule has 0 saturated carbocycles. The monoisotopic (exact) mass is 434 g/mol. The molecule has 0 aromatic heterocycles. The molecule has 1 aliphatic carbocycles. The molecule has 1 aliphatic heterocycles. The van der Waals surface area contributed by atoms with Gasteiger partial charge in [0, 0.05) is 18.4 Å². The molecule has 8 heteroatoms. The molecule has 2 atom stereocenters. The Labute approximate surface area is 176 Å². The van der Waals surface area contributed by atoms with Gasteiger partial charge in [-0.25, -0.2) is 0 Å². The van der Waals surface area contributed by atoms with E-state index in [1.165, 1.54) is 11.6 Å². The topological polar surface area (TPSA) is 49.4 Å². The van der Waals surface area contributed by atoms with Crippen LogP contribution in [0.25, 0.3) is 0 Å². The summed E-state index contributed by atoms with van der Waals surface area (Å²) in [5.74, 6) is -0.600. The van der Waals surface area contributed by atoms with Gasteiger partial charge in [0.15, 0.2) is 0 Å². The molecule has 2 aliphatic rings. The molecule has 0 bridgehead atoms. The fourth-order valence-corrected chi connectivity index (χ4v) is 5.15. The molecule has 30 heavy (non-hydrogen) atoms. The summed E-state index contributed by atoms with van der Waals surface area (Å²) in [6, 6.07) is 11.3. The molecule has 0 saturated heterocycles. The highest BCUT2D eigenvalue weighted by atomic mass is 32.2. The smallest absolute Gasteiger partial charge is 0.339 e. The lowest BCUT2D eigenvalue weighted by Gasteiger charge is -2.34. The van der Waals surface area contributed by atoms with Crippen molar-refractivity contribution in [3.05, 3.63) is 59.2 Å². The lowest BCUT2D eigenvalue weighted by Crippen LogP contribution is -2.38. The average molecular weight is 434 g/mol. The van der Waals surface area contributed by atoms with Crippen molar-refractivity contribution in [3.63, 3.8) is 0 Å². The van der Waals surface area contributed by atoms with Gasteiger partial charge >= 0.3 is 6.18 Å². The number of carbonyl (C=O) groups is 2. The second kappa shape index (κ2) is 7.98. The van der Waals surface area contributed by atoms with Gasteiger partial charge in [0.25, 0.3) is 0 Å². The minimum atomic E-state index is -4.48. The zero-order valence-corrected chi connectivity index (χ0v) is 17.1. The second-order valence-electron chi connectivity index (χ2n) is 7.62. The Kier molecular flexibility index (Phi) is 5.53. The Morgan fingerprint density at radius 3 is 2.77 bits per heavy atom. The van der Waals surface area contributed by atoms with Crippen molar-refractivity contribution < 1.29 is 22.8 Å². The molecular formula is C22H21F3N2O2S. The average Bonchev–Trinajstić information content (AvgIpc) is 2.72. The number of hydrogen-bond donors (Lipinski definition) is 1. The van der Waals surface area contributed by atoms with Gasteiger partial charge in [0.05, 0.1) is 22.5 Å². The van der Waals surface area contributed by atoms with Crippen molar-refractivity contribution in [3.8, 4) is 0 Å². The van der Waals surface area contributed by atoms with Gasteiger partial charge in [-0.15, -0.1) is 11.8 Å². The van der Waals surface area contributed by atoms with Crippen molar-refractivity contribution >= 4 is 29.3 Å². The number of benzene rings is 2. The van der Waals surface area contributed by atoms with E-state index in [9.17, 15) is 22.8 Å². The number of hydrogen-bond acceptors (Lipinski definition) is 3. The standard InChI is InChI=1S/C22H21F3N2O2S/c1-27(17-8-4-6-13-5-2-3-7-15(13)17)20(28)12-19-21(29)26-16-11-14(22(23,24)25)9-10-18(16)30-19/h2-3,5,7,9-11,17,19H,4,6,8,12H2,1H3,(H,26,29). The number of fused-ring (bicyclic) bond motifs is 2. The molecule has 0 radical (unpaired) electrons. The van der Waals surface area contributed by atoms with Crippen molar-refractivity contribution in [1.29, 1.82) is 0 Å². The van der Waals surface area contributed by atoms with E-state index in [1.54, 1.807) is 11.9 Å². The fourth-order valence-electron chi connectivity index (χ4n) is 4.07. The van der Waals surface area contributed by atoms with Crippen LogP contribution in [0.5, 0.6) is 0 Å². The van der Waals surface area contributed by atoms with Gasteiger partial charge in [-0.1, -0.05) is 24.3 Å². The minimum Gasteiger partial charge on any atom is -0.339 e. The largest absolute Gasteiger partial charge is 0.416 e. The van der Waals surface area contributed by atoms with E-state index in [-0.39, 0.29) is 24.1 Å². The zero-order chi connectivity index (χ0) is 21.5. The maximum atomic E-state index is 12.9. The number of anilines is 1. The molecule has 2 amide bonds. The van der Waals surface area contributed by atoms with Crippen LogP contribution in [0.2, 0.25) is 0 Å². The summed E-state index contributed by atoms with van der Waals surface area (Å²) in [6.07, 6.45) is -1.63. The molecule has 4 rings (SSSR count). The third-order valence-corrected chi connectivity index (χ3v) is 6.96. The first-order valence-corrected chi connectivity index (χ1v) is 10.6. The number of carbonyl (C=O) groups excluding carboxylic acids is 2. The SMILES string of the molecule is CN(C(=O)CC1Sc2ccc(C(F)(F)F)cc2NC1=O)C1CCCc2ccccc21. The van der Waals surface area contributed by atoms with Crippen LogP contribution in [0.4, 0.5) is 18.9 Å². The third kappa shape index (κ3) is 4.05. The number of nitrogens with one attached hydrogen (secondary N) is 1. The summed E-state index contributed by atoms with van der Waals surface area (Å²) >= 11 is 1.14. The summed E-state index contributed by atoms with van der Waals surface area (Å²) in [5, 5.41) is 1.85. The molecular weight excluding hydrogens is 413 g/mol. The molecule has 158 valence electrons. The molecule has 0 fully saturated rings. The number of thioether (sulfide) groups is 1. The van der Waals surface area contributed by atoms with Gasteiger partial charge in [0.2, 0.25) is 11.8 Å². The van der Waals surface area contributed by atoms with E-state index < -0.39 is 22.9 Å². The predicted molar refractivity (Wildman–Crippen MR) is 109 cm³/mol. The van der Waals surface area contributed by atoms with E-state index >= 15 is 0 Å². The highest BCUT2D eigenvalue weighted by Crippen LogP contribution is 2.41. The van der Waals surface area contributed by atoms with Crippen LogP contribution in [0, 0.1) is 0 Å². The number of rotatable bonds is 3. The Bertz CT molecular complexity index is 993. The van der Waals surface area contributed by atoms with Crippen molar-refractivity contribution in [2.45, 2.75) is 48.0 Å². The fraction of sp³-hybridized carbons (Fsp3) is 0.364. The van der Waals surface area contributed by atoms with E-state index in [0.29, 0.717) is 4.90 Å². The predicted octanol–water partition coefficient (Wildman–Crippen LogP) is 5.04. The first-order valence-electron chi connectivity index (χ1n) is 9.76. The maximum absolute atomic E-state index is 12.9. The maximum Gasteiger partial charge on any atom is 0.416 e. The van der Waals surface area contributed by atoms with Crippen molar-refractivity contribution in [2.75, 3.05) is 12.4 Å². The normalized spacial score (nSPS) is 20.7. The zero-order valence-electron chi connectivity index (χ0n) is 16.3. The number of halogens is 3. The molecule has 1 heterocycles. The van der Waals surface area contributed by atoms with Gasteiger partial charge in [-0.2, -0.15) is 13.2 Å². The number of nitrogens with zero attached hydrogens (tertiary/aromatic N) is 1. The summed E-state index contributed by atoms with van der Waals surface area (Å²) in [7, 11) is 1.75. The summed E-state index contributed by atoms with van der Waals surface area (Å²) in [5.41, 5.74) is 1.71. The van der Waals surface area contributed by atoms with E-state index in [2.05, 4.69) is 11.4 Å². The van der Waals surface area contributed by atoms with Crippen LogP contribution in [-0.2, 0) is 22.2 Å². The van der Waals surface area contributed by atoms with Crippen LogP contribution in [0.3, 0.4) is 0 Å². The molecule has 1 N–H and O–H groups in total. The van der Waals surface area contributed by atoms with Crippen LogP contribution < -0.4 is 5.32 Å². The van der Waals surface area contributed by atoms with E-state index in [0.717, 1.165) is 48.7 Å². The Balaban J connectivity index is 1.47. The lowest BCUT2D eigenvalue weighted by molar-refractivity contribution is -0.137. The van der Waals surface area contributed by atoms with Crippen LogP contribution >= 0.6 is 11.8 Å². The molecule has 2 aromatic rings. The van der Waals surface area contributed by atoms with Crippen LogP contribution in [0.1, 0.15) is 42.0 Å². The summed E-state index contributed by atoms with van der Waals surface area (Å²) < 4.78 is 38.7. The minimum absolute atomic E-state index is 0.00781. The quantitative estimate of drug-likeness (QED) is 0.736. The third-order valence-electron chi connectivity index (χ3n) is 5.69. The second-order valence-corrected chi connectivity index (χ2v) is 8.86. The first-order chi connectivity index (χ1) is 14.2. The summed E-state index contributed by atoms with van der Waals surface area (Å²) in [4.78, 5) is 27.6. The molecule has 2 unspecified atom stereocenters. The number of amides is 2. The van der Waals surface area contributed by atoms with Crippen molar-refractivity contribution in [1.82, 2.24) is 4.90 Å². The van der Waals surface area contributed by atoms with Gasteiger partial charge in [-0.3, -0.25) is 9.59 Å². The van der Waals surface area contributed by atoms with Gasteiger partial charge in [0.1, 0.15) is 0 Å². The molecule has 2 aromatic carbocycles. The van der Waals surface area contributed by atoms with Gasteiger partial charge < -0.3 is 10.2 Å². The first kappa shape index (κ1) is 20.8. The Morgan fingerprint density at radius 2 is 2.00 bits per heavy atom.